The Bertz CT molecular complexity index is 833. The fourth-order valence-electron chi connectivity index (χ4n) is 2.43. The molecule has 0 saturated carbocycles. The zero-order valence-electron chi connectivity index (χ0n) is 14.6. The summed E-state index contributed by atoms with van der Waals surface area (Å²) in [6.45, 7) is 0.397. The van der Waals surface area contributed by atoms with Gasteiger partial charge in [-0.15, -0.1) is 0 Å². The number of nitrogens with one attached hydrogen (secondary N) is 2. The van der Waals surface area contributed by atoms with Crippen molar-refractivity contribution in [1.29, 1.82) is 0 Å². The average Bonchev–Trinajstić information content (AvgIpc) is 2.97. The van der Waals surface area contributed by atoms with Crippen LogP contribution in [-0.2, 0) is 10.5 Å². The van der Waals surface area contributed by atoms with Crippen LogP contribution in [0.25, 0.3) is 0 Å². The first-order chi connectivity index (χ1) is 13.1. The molecule has 27 heavy (non-hydrogen) atoms. The molecule has 3 amide bonds. The van der Waals surface area contributed by atoms with Crippen molar-refractivity contribution in [3.05, 3.63) is 30.1 Å². The molecule has 2 heterocycles. The van der Waals surface area contributed by atoms with Gasteiger partial charge in [-0.2, -0.15) is 26.7 Å². The van der Waals surface area contributed by atoms with Crippen molar-refractivity contribution in [2.24, 2.45) is 0 Å². The second kappa shape index (κ2) is 8.54. The normalized spacial score (nSPS) is 13.6. The van der Waals surface area contributed by atoms with E-state index in [1.807, 2.05) is 24.3 Å². The van der Waals surface area contributed by atoms with E-state index in [1.165, 1.54) is 16.7 Å². The first-order valence-corrected chi connectivity index (χ1v) is 9.28. The number of carbonyl (C=O) groups excluding carboxylic acids is 2. The van der Waals surface area contributed by atoms with Gasteiger partial charge in [0, 0.05) is 12.3 Å². The number of benzene rings is 1. The van der Waals surface area contributed by atoms with Gasteiger partial charge in [-0.25, -0.2) is 4.79 Å². The number of ether oxygens (including phenoxy) is 1. The van der Waals surface area contributed by atoms with Gasteiger partial charge in [0.15, 0.2) is 0 Å². The van der Waals surface area contributed by atoms with Crippen LogP contribution in [-0.4, -0.2) is 57.7 Å². The molecule has 0 unspecified atom stereocenters. The van der Waals surface area contributed by atoms with Gasteiger partial charge in [0.1, 0.15) is 11.6 Å². The van der Waals surface area contributed by atoms with Gasteiger partial charge in [-0.3, -0.25) is 9.69 Å². The monoisotopic (exact) mass is 389 g/mol. The van der Waals surface area contributed by atoms with Gasteiger partial charge in [0.05, 0.1) is 25.1 Å². The number of nitrogen functional groups attached to an aromatic ring is 1. The largest absolute Gasteiger partial charge is 0.495 e. The highest BCUT2D eigenvalue weighted by Gasteiger charge is 2.27. The lowest BCUT2D eigenvalue weighted by atomic mass is 10.3. The molecule has 1 aliphatic heterocycles. The molecule has 10 nitrogen and oxygen atoms in total. The standard InChI is InChI=1S/C16H19N7O3S/c1-26-11-5-3-2-4-10(11)19-15-21-12(20-14(17)22-15)9-27-7-6-23-13(24)8-18-16(23)25/h2-5H,6-9H2,1H3,(H,18,25)(H3,17,19,20,21,22). The van der Waals surface area contributed by atoms with Crippen molar-refractivity contribution >= 4 is 41.3 Å². The molecule has 11 heteroatoms. The Morgan fingerprint density at radius 1 is 1.30 bits per heavy atom. The Hall–Kier alpha value is -3.08. The summed E-state index contributed by atoms with van der Waals surface area (Å²) < 4.78 is 5.29. The van der Waals surface area contributed by atoms with Crippen molar-refractivity contribution < 1.29 is 14.3 Å². The smallest absolute Gasteiger partial charge is 0.324 e. The topological polar surface area (TPSA) is 135 Å². The van der Waals surface area contributed by atoms with Crippen molar-refractivity contribution in [3.63, 3.8) is 0 Å². The minimum Gasteiger partial charge on any atom is -0.495 e. The van der Waals surface area contributed by atoms with Crippen LogP contribution in [0, 0.1) is 0 Å². The zero-order valence-corrected chi connectivity index (χ0v) is 15.5. The summed E-state index contributed by atoms with van der Waals surface area (Å²) in [4.78, 5) is 36.8. The second-order valence-corrected chi connectivity index (χ2v) is 6.62. The summed E-state index contributed by atoms with van der Waals surface area (Å²) >= 11 is 1.49. The molecule has 0 atom stereocenters. The minimum absolute atomic E-state index is 0.0610. The zero-order chi connectivity index (χ0) is 19.2. The van der Waals surface area contributed by atoms with E-state index in [-0.39, 0.29) is 24.4 Å². The summed E-state index contributed by atoms with van der Waals surface area (Å²) in [7, 11) is 1.58. The van der Waals surface area contributed by atoms with E-state index < -0.39 is 0 Å². The quantitative estimate of drug-likeness (QED) is 0.446. The summed E-state index contributed by atoms with van der Waals surface area (Å²) in [6.07, 6.45) is 0. The lowest BCUT2D eigenvalue weighted by Crippen LogP contribution is -2.32. The van der Waals surface area contributed by atoms with Crippen LogP contribution in [0.2, 0.25) is 0 Å². The number of nitrogens with two attached hydrogens (primary N) is 1. The molecule has 0 radical (unpaired) electrons. The number of amides is 3. The summed E-state index contributed by atoms with van der Waals surface area (Å²) in [5, 5.41) is 5.55. The van der Waals surface area contributed by atoms with Gasteiger partial charge >= 0.3 is 6.03 Å². The van der Waals surface area contributed by atoms with Crippen LogP contribution < -0.4 is 21.1 Å². The third-order valence-electron chi connectivity index (χ3n) is 3.68. The fraction of sp³-hybridized carbons (Fsp3) is 0.312. The van der Waals surface area contributed by atoms with Crippen LogP contribution in [0.1, 0.15) is 5.82 Å². The highest BCUT2D eigenvalue weighted by atomic mass is 32.2. The van der Waals surface area contributed by atoms with E-state index in [2.05, 4.69) is 25.6 Å². The molecule has 1 aliphatic rings. The number of carbonyl (C=O) groups is 2. The van der Waals surface area contributed by atoms with Crippen LogP contribution >= 0.6 is 11.8 Å². The van der Waals surface area contributed by atoms with Gasteiger partial charge in [0.25, 0.3) is 0 Å². The summed E-state index contributed by atoms with van der Waals surface area (Å²) in [6, 6.07) is 7.03. The SMILES string of the molecule is COc1ccccc1Nc1nc(N)nc(CSCCN2C(=O)CNC2=O)n1. The van der Waals surface area contributed by atoms with Crippen molar-refractivity contribution in [1.82, 2.24) is 25.2 Å². The van der Waals surface area contributed by atoms with Crippen molar-refractivity contribution in [2.45, 2.75) is 5.75 Å². The molecule has 1 aromatic heterocycles. The number of imide groups is 1. The maximum atomic E-state index is 11.5. The predicted molar refractivity (Wildman–Crippen MR) is 102 cm³/mol. The Balaban J connectivity index is 1.58. The van der Waals surface area contributed by atoms with E-state index in [4.69, 9.17) is 10.5 Å². The molecule has 142 valence electrons. The predicted octanol–water partition coefficient (Wildman–Crippen LogP) is 0.991. The number of nitrogens with zero attached hydrogens (tertiary/aromatic N) is 4. The van der Waals surface area contributed by atoms with Crippen LogP contribution in [0.5, 0.6) is 5.75 Å². The first-order valence-electron chi connectivity index (χ1n) is 8.13. The highest BCUT2D eigenvalue weighted by Crippen LogP contribution is 2.25. The number of urea groups is 1. The van der Waals surface area contributed by atoms with E-state index in [0.717, 1.165) is 0 Å². The van der Waals surface area contributed by atoms with E-state index in [9.17, 15) is 9.59 Å². The highest BCUT2D eigenvalue weighted by molar-refractivity contribution is 7.98. The number of anilines is 3. The molecule has 1 aromatic carbocycles. The van der Waals surface area contributed by atoms with Crippen molar-refractivity contribution in [2.75, 3.05) is 37.0 Å². The Morgan fingerprint density at radius 2 is 2.11 bits per heavy atom. The number of rotatable bonds is 8. The fourth-order valence-corrected chi connectivity index (χ4v) is 3.20. The Labute approximate surface area is 159 Å². The summed E-state index contributed by atoms with van der Waals surface area (Å²) in [5.41, 5.74) is 6.49. The molecule has 1 fully saturated rings. The van der Waals surface area contributed by atoms with Crippen LogP contribution in [0.3, 0.4) is 0 Å². The maximum Gasteiger partial charge on any atom is 0.324 e. The molecular weight excluding hydrogens is 370 g/mol. The molecule has 0 spiro atoms. The lowest BCUT2D eigenvalue weighted by molar-refractivity contribution is -0.124. The van der Waals surface area contributed by atoms with Gasteiger partial charge in [-0.05, 0) is 12.1 Å². The number of para-hydroxylation sites is 2. The number of thioether (sulfide) groups is 1. The Morgan fingerprint density at radius 3 is 2.85 bits per heavy atom. The second-order valence-electron chi connectivity index (χ2n) is 5.52. The van der Waals surface area contributed by atoms with E-state index in [0.29, 0.717) is 41.3 Å². The molecule has 2 aromatic rings. The first kappa shape index (κ1) is 18.7. The van der Waals surface area contributed by atoms with Crippen molar-refractivity contribution in [3.8, 4) is 5.75 Å². The third-order valence-corrected chi connectivity index (χ3v) is 4.61. The minimum atomic E-state index is -0.353. The van der Waals surface area contributed by atoms with E-state index in [1.54, 1.807) is 7.11 Å². The third kappa shape index (κ3) is 4.76. The molecule has 0 aliphatic carbocycles. The molecule has 1 saturated heterocycles. The molecular formula is C16H19N7O3S. The van der Waals surface area contributed by atoms with Crippen LogP contribution in [0.4, 0.5) is 22.4 Å². The molecule has 3 rings (SSSR count). The lowest BCUT2D eigenvalue weighted by Gasteiger charge is -2.12. The summed E-state index contributed by atoms with van der Waals surface area (Å²) in [5.74, 6) is 2.40. The maximum absolute atomic E-state index is 11.5. The van der Waals surface area contributed by atoms with E-state index >= 15 is 0 Å². The molecule has 0 bridgehead atoms. The van der Waals surface area contributed by atoms with Crippen LogP contribution in [0.15, 0.2) is 24.3 Å². The van der Waals surface area contributed by atoms with Gasteiger partial charge in [0.2, 0.25) is 17.8 Å². The van der Waals surface area contributed by atoms with Gasteiger partial charge in [-0.1, -0.05) is 12.1 Å². The Kier molecular flexibility index (Phi) is 5.91. The number of hydrogen-bond acceptors (Lipinski definition) is 9. The average molecular weight is 389 g/mol. The number of aromatic nitrogens is 3. The number of hydrogen-bond donors (Lipinski definition) is 3. The molecule has 4 N–H and O–H groups in total. The van der Waals surface area contributed by atoms with Gasteiger partial charge < -0.3 is 21.1 Å². The number of methoxy groups -OCH3 is 1.